The Morgan fingerprint density at radius 2 is 2.10 bits per heavy atom. The zero-order valence-electron chi connectivity index (χ0n) is 11.3. The average molecular weight is 271 g/mol. The van der Waals surface area contributed by atoms with E-state index in [9.17, 15) is 5.11 Å². The van der Waals surface area contributed by atoms with E-state index in [0.29, 0.717) is 17.5 Å². The van der Waals surface area contributed by atoms with Crippen LogP contribution in [0.1, 0.15) is 30.1 Å². The number of anilines is 1. The van der Waals surface area contributed by atoms with Gasteiger partial charge < -0.3 is 15.2 Å². The fraction of sp³-hybridized carbons (Fsp3) is 0.333. The molecule has 2 aromatic rings. The molecule has 1 aromatic carbocycles. The summed E-state index contributed by atoms with van der Waals surface area (Å²) in [5.74, 6) is 3.16. The van der Waals surface area contributed by atoms with Crippen molar-refractivity contribution in [2.75, 3.05) is 12.4 Å². The van der Waals surface area contributed by atoms with Crippen molar-refractivity contribution in [3.8, 4) is 11.6 Å². The monoisotopic (exact) mass is 271 g/mol. The molecule has 0 atom stereocenters. The minimum atomic E-state index is -0.0599. The van der Waals surface area contributed by atoms with Crippen molar-refractivity contribution in [1.82, 2.24) is 9.97 Å². The quantitative estimate of drug-likeness (QED) is 0.875. The van der Waals surface area contributed by atoms with Gasteiger partial charge in [-0.1, -0.05) is 18.2 Å². The Morgan fingerprint density at radius 3 is 2.80 bits per heavy atom. The van der Waals surface area contributed by atoms with E-state index < -0.39 is 0 Å². The molecule has 0 amide bonds. The summed E-state index contributed by atoms with van der Waals surface area (Å²) in [5.41, 5.74) is 0.741. The number of ether oxygens (including phenoxy) is 1. The summed E-state index contributed by atoms with van der Waals surface area (Å²) in [6.07, 6.45) is 2.28. The van der Waals surface area contributed by atoms with E-state index in [2.05, 4.69) is 15.3 Å². The molecule has 5 heteroatoms. The average Bonchev–Trinajstić information content (AvgIpc) is 3.32. The standard InChI is InChI=1S/C15H17N3O2/c1-16-13-8-14(18-15(17-13)10-6-7-10)20-12-5-3-2-4-11(12)9-19/h2-5,8,10,19H,6-7,9H2,1H3,(H,16,17,18). The zero-order chi connectivity index (χ0) is 13.9. The predicted molar refractivity (Wildman–Crippen MR) is 76.0 cm³/mol. The van der Waals surface area contributed by atoms with Gasteiger partial charge in [-0.15, -0.1) is 0 Å². The van der Waals surface area contributed by atoms with E-state index in [1.807, 2.05) is 31.3 Å². The minimum absolute atomic E-state index is 0.0599. The molecule has 0 bridgehead atoms. The van der Waals surface area contributed by atoms with Gasteiger partial charge in [0.1, 0.15) is 17.4 Å². The van der Waals surface area contributed by atoms with Gasteiger partial charge in [0.15, 0.2) is 0 Å². The van der Waals surface area contributed by atoms with Gasteiger partial charge in [0.2, 0.25) is 5.88 Å². The van der Waals surface area contributed by atoms with Gasteiger partial charge in [0.05, 0.1) is 6.61 Å². The fourth-order valence-electron chi connectivity index (χ4n) is 1.99. The molecule has 1 aromatic heterocycles. The Morgan fingerprint density at radius 1 is 1.30 bits per heavy atom. The second-order valence-electron chi connectivity index (χ2n) is 4.84. The van der Waals surface area contributed by atoms with Crippen molar-refractivity contribution in [1.29, 1.82) is 0 Å². The highest BCUT2D eigenvalue weighted by Crippen LogP contribution is 2.39. The first-order chi connectivity index (χ1) is 9.80. The molecule has 1 heterocycles. The van der Waals surface area contributed by atoms with Crippen LogP contribution in [-0.4, -0.2) is 22.1 Å². The van der Waals surface area contributed by atoms with Crippen LogP contribution in [0.25, 0.3) is 0 Å². The third-order valence-electron chi connectivity index (χ3n) is 3.28. The molecule has 2 N–H and O–H groups in total. The third kappa shape index (κ3) is 2.72. The lowest BCUT2D eigenvalue weighted by Crippen LogP contribution is -2.01. The Hall–Kier alpha value is -2.14. The number of aliphatic hydroxyl groups is 1. The lowest BCUT2D eigenvalue weighted by atomic mass is 10.2. The van der Waals surface area contributed by atoms with Gasteiger partial charge in [-0.05, 0) is 18.9 Å². The molecule has 20 heavy (non-hydrogen) atoms. The lowest BCUT2D eigenvalue weighted by Gasteiger charge is -2.11. The first-order valence-electron chi connectivity index (χ1n) is 6.73. The number of aromatic nitrogens is 2. The molecule has 0 unspecified atom stereocenters. The summed E-state index contributed by atoms with van der Waals surface area (Å²) in [4.78, 5) is 8.91. The number of nitrogens with zero attached hydrogens (tertiary/aromatic N) is 2. The molecule has 5 nitrogen and oxygen atoms in total. The van der Waals surface area contributed by atoms with Gasteiger partial charge in [-0.25, -0.2) is 4.98 Å². The number of benzene rings is 1. The molecule has 1 aliphatic rings. The van der Waals surface area contributed by atoms with Gasteiger partial charge in [-0.2, -0.15) is 4.98 Å². The SMILES string of the molecule is CNc1cc(Oc2ccccc2CO)nc(C2CC2)n1. The van der Waals surface area contributed by atoms with E-state index in [1.165, 1.54) is 0 Å². The van der Waals surface area contributed by atoms with Crippen molar-refractivity contribution in [3.05, 3.63) is 41.7 Å². The third-order valence-corrected chi connectivity index (χ3v) is 3.28. The number of para-hydroxylation sites is 1. The molecule has 0 saturated heterocycles. The van der Waals surface area contributed by atoms with Crippen LogP contribution in [0.2, 0.25) is 0 Å². The number of hydrogen-bond acceptors (Lipinski definition) is 5. The van der Waals surface area contributed by atoms with Crippen LogP contribution >= 0.6 is 0 Å². The topological polar surface area (TPSA) is 67.3 Å². The molecular weight excluding hydrogens is 254 g/mol. The fourth-order valence-corrected chi connectivity index (χ4v) is 1.99. The van der Waals surface area contributed by atoms with E-state index >= 15 is 0 Å². The van der Waals surface area contributed by atoms with Gasteiger partial charge in [-0.3, -0.25) is 0 Å². The molecular formula is C15H17N3O2. The molecule has 0 radical (unpaired) electrons. The molecule has 1 fully saturated rings. The molecule has 3 rings (SSSR count). The number of hydrogen-bond donors (Lipinski definition) is 2. The van der Waals surface area contributed by atoms with Crippen molar-refractivity contribution in [2.45, 2.75) is 25.4 Å². The van der Waals surface area contributed by atoms with Crippen LogP contribution in [0.4, 0.5) is 5.82 Å². The van der Waals surface area contributed by atoms with E-state index in [1.54, 1.807) is 6.07 Å². The van der Waals surface area contributed by atoms with Crippen LogP contribution < -0.4 is 10.1 Å². The first-order valence-corrected chi connectivity index (χ1v) is 6.73. The van der Waals surface area contributed by atoms with Crippen molar-refractivity contribution in [2.24, 2.45) is 0 Å². The summed E-state index contributed by atoms with van der Waals surface area (Å²) >= 11 is 0. The normalized spacial score (nSPS) is 14.1. The molecule has 1 saturated carbocycles. The summed E-state index contributed by atoms with van der Waals surface area (Å²) < 4.78 is 5.81. The highest BCUT2D eigenvalue weighted by molar-refractivity contribution is 5.42. The highest BCUT2D eigenvalue weighted by atomic mass is 16.5. The van der Waals surface area contributed by atoms with E-state index in [-0.39, 0.29) is 6.61 Å². The maximum absolute atomic E-state index is 9.32. The largest absolute Gasteiger partial charge is 0.438 e. The summed E-state index contributed by atoms with van der Waals surface area (Å²) in [7, 11) is 1.82. The van der Waals surface area contributed by atoms with Crippen LogP contribution in [0.15, 0.2) is 30.3 Å². The van der Waals surface area contributed by atoms with Crippen LogP contribution in [0.5, 0.6) is 11.6 Å². The van der Waals surface area contributed by atoms with Crippen LogP contribution in [0, 0.1) is 0 Å². The van der Waals surface area contributed by atoms with Crippen molar-refractivity contribution >= 4 is 5.82 Å². The highest BCUT2D eigenvalue weighted by Gasteiger charge is 2.27. The number of aliphatic hydroxyl groups excluding tert-OH is 1. The predicted octanol–water partition coefficient (Wildman–Crippen LogP) is 2.68. The second-order valence-corrected chi connectivity index (χ2v) is 4.84. The Balaban J connectivity index is 1.91. The van der Waals surface area contributed by atoms with E-state index in [4.69, 9.17) is 4.74 Å². The molecule has 0 spiro atoms. The van der Waals surface area contributed by atoms with Gasteiger partial charge in [0.25, 0.3) is 0 Å². The maximum Gasteiger partial charge on any atom is 0.224 e. The lowest BCUT2D eigenvalue weighted by molar-refractivity contribution is 0.276. The zero-order valence-corrected chi connectivity index (χ0v) is 11.3. The molecule has 104 valence electrons. The number of rotatable bonds is 5. The number of nitrogens with one attached hydrogen (secondary N) is 1. The van der Waals surface area contributed by atoms with Gasteiger partial charge >= 0.3 is 0 Å². The summed E-state index contributed by atoms with van der Waals surface area (Å²) in [6, 6.07) is 9.16. The van der Waals surface area contributed by atoms with E-state index in [0.717, 1.165) is 30.0 Å². The molecule has 0 aliphatic heterocycles. The summed E-state index contributed by atoms with van der Waals surface area (Å²) in [6.45, 7) is -0.0599. The first kappa shape index (κ1) is 12.9. The maximum atomic E-state index is 9.32. The summed E-state index contributed by atoms with van der Waals surface area (Å²) in [5, 5.41) is 12.3. The van der Waals surface area contributed by atoms with Gasteiger partial charge in [0, 0.05) is 24.6 Å². The molecule has 1 aliphatic carbocycles. The van der Waals surface area contributed by atoms with Crippen molar-refractivity contribution < 1.29 is 9.84 Å². The Kier molecular flexibility index (Phi) is 3.52. The smallest absolute Gasteiger partial charge is 0.224 e. The van der Waals surface area contributed by atoms with Crippen molar-refractivity contribution in [3.63, 3.8) is 0 Å². The van der Waals surface area contributed by atoms with Crippen LogP contribution in [0.3, 0.4) is 0 Å². The Bertz CT molecular complexity index is 612. The minimum Gasteiger partial charge on any atom is -0.438 e. The second kappa shape index (κ2) is 5.46. The Labute approximate surface area is 117 Å². The van der Waals surface area contributed by atoms with Crippen LogP contribution in [-0.2, 0) is 6.61 Å².